The minimum atomic E-state index is 0.196. The van der Waals surface area contributed by atoms with Crippen LogP contribution in [0.4, 0.5) is 5.82 Å². The summed E-state index contributed by atoms with van der Waals surface area (Å²) in [5, 5.41) is 3.40. The van der Waals surface area contributed by atoms with Crippen LogP contribution in [0.3, 0.4) is 0 Å². The predicted molar refractivity (Wildman–Crippen MR) is 93.5 cm³/mol. The summed E-state index contributed by atoms with van der Waals surface area (Å²) in [5.41, 5.74) is 3.98. The van der Waals surface area contributed by atoms with E-state index in [9.17, 15) is 4.79 Å². The summed E-state index contributed by atoms with van der Waals surface area (Å²) >= 11 is 0. The van der Waals surface area contributed by atoms with E-state index in [2.05, 4.69) is 29.4 Å². The van der Waals surface area contributed by atoms with E-state index in [-0.39, 0.29) is 6.04 Å². The highest BCUT2D eigenvalue weighted by Gasteiger charge is 2.05. The van der Waals surface area contributed by atoms with Crippen molar-refractivity contribution in [3.05, 3.63) is 84.1 Å². The summed E-state index contributed by atoms with van der Waals surface area (Å²) in [6, 6.07) is 22.0. The zero-order valence-corrected chi connectivity index (χ0v) is 12.9. The van der Waals surface area contributed by atoms with Gasteiger partial charge in [-0.3, -0.25) is 4.79 Å². The Balaban J connectivity index is 1.72. The molecule has 3 rings (SSSR count). The number of carbonyl (C=O) groups is 1. The van der Waals surface area contributed by atoms with E-state index in [4.69, 9.17) is 0 Å². The molecule has 0 saturated carbocycles. The number of hydrogen-bond acceptors (Lipinski definition) is 3. The van der Waals surface area contributed by atoms with Crippen LogP contribution in [0.1, 0.15) is 28.9 Å². The third-order valence-corrected chi connectivity index (χ3v) is 3.81. The average Bonchev–Trinajstić information content (AvgIpc) is 2.63. The average molecular weight is 302 g/mol. The van der Waals surface area contributed by atoms with Gasteiger partial charge in [-0.1, -0.05) is 54.6 Å². The van der Waals surface area contributed by atoms with Gasteiger partial charge in [0.25, 0.3) is 0 Å². The molecule has 0 spiro atoms. The summed E-state index contributed by atoms with van der Waals surface area (Å²) in [6.07, 6.45) is 2.69. The van der Waals surface area contributed by atoms with Gasteiger partial charge in [0.2, 0.25) is 0 Å². The first kappa shape index (κ1) is 15.0. The van der Waals surface area contributed by atoms with Crippen molar-refractivity contribution in [3.8, 4) is 11.1 Å². The lowest BCUT2D eigenvalue weighted by Crippen LogP contribution is -2.07. The molecule has 3 heteroatoms. The van der Waals surface area contributed by atoms with Crippen LogP contribution in [0.2, 0.25) is 0 Å². The maximum Gasteiger partial charge on any atom is 0.150 e. The van der Waals surface area contributed by atoms with Crippen molar-refractivity contribution in [2.75, 3.05) is 5.32 Å². The van der Waals surface area contributed by atoms with E-state index < -0.39 is 0 Å². The normalized spacial score (nSPS) is 11.7. The van der Waals surface area contributed by atoms with E-state index in [1.165, 1.54) is 5.56 Å². The Morgan fingerprint density at radius 1 is 0.913 bits per heavy atom. The van der Waals surface area contributed by atoms with Crippen LogP contribution in [0.15, 0.2) is 72.9 Å². The molecule has 0 bridgehead atoms. The maximum atomic E-state index is 10.7. The molecule has 1 aromatic heterocycles. The number of aromatic nitrogens is 1. The van der Waals surface area contributed by atoms with Gasteiger partial charge in [0.05, 0.1) is 0 Å². The van der Waals surface area contributed by atoms with Crippen molar-refractivity contribution in [3.63, 3.8) is 0 Å². The Bertz CT molecular complexity index is 765. The number of aldehydes is 1. The van der Waals surface area contributed by atoms with Crippen LogP contribution in [0.5, 0.6) is 0 Å². The highest BCUT2D eigenvalue weighted by atomic mass is 16.1. The molecule has 0 aliphatic carbocycles. The molecule has 0 saturated heterocycles. The number of rotatable bonds is 5. The monoisotopic (exact) mass is 302 g/mol. The van der Waals surface area contributed by atoms with Crippen LogP contribution in [0.25, 0.3) is 11.1 Å². The minimum Gasteiger partial charge on any atom is -0.364 e. The van der Waals surface area contributed by atoms with Crippen molar-refractivity contribution in [2.45, 2.75) is 13.0 Å². The molecule has 1 N–H and O–H groups in total. The van der Waals surface area contributed by atoms with Crippen molar-refractivity contribution in [2.24, 2.45) is 0 Å². The fraction of sp³-hybridized carbons (Fsp3) is 0.100. The molecule has 2 aromatic carbocycles. The number of anilines is 1. The SMILES string of the molecule is CC(Nc1ccc(-c2ccc(C=O)cc2)cn1)c1ccccc1. The van der Waals surface area contributed by atoms with Crippen LogP contribution in [-0.2, 0) is 0 Å². The zero-order valence-electron chi connectivity index (χ0n) is 12.9. The highest BCUT2D eigenvalue weighted by Crippen LogP contribution is 2.22. The molecule has 1 unspecified atom stereocenters. The van der Waals surface area contributed by atoms with E-state index in [0.29, 0.717) is 5.56 Å². The second-order valence-corrected chi connectivity index (χ2v) is 5.45. The van der Waals surface area contributed by atoms with Crippen molar-refractivity contribution in [1.29, 1.82) is 0 Å². The smallest absolute Gasteiger partial charge is 0.150 e. The molecule has 0 radical (unpaired) electrons. The molecular formula is C20H18N2O. The lowest BCUT2D eigenvalue weighted by molar-refractivity contribution is 0.112. The van der Waals surface area contributed by atoms with Gasteiger partial charge >= 0.3 is 0 Å². The third kappa shape index (κ3) is 3.64. The summed E-state index contributed by atoms with van der Waals surface area (Å²) in [7, 11) is 0. The molecule has 23 heavy (non-hydrogen) atoms. The number of hydrogen-bond donors (Lipinski definition) is 1. The zero-order chi connectivity index (χ0) is 16.1. The van der Waals surface area contributed by atoms with Crippen LogP contribution in [-0.4, -0.2) is 11.3 Å². The van der Waals surface area contributed by atoms with E-state index >= 15 is 0 Å². The third-order valence-electron chi connectivity index (χ3n) is 3.81. The number of nitrogens with zero attached hydrogens (tertiary/aromatic N) is 1. The Labute approximate surface area is 136 Å². The Morgan fingerprint density at radius 3 is 2.22 bits per heavy atom. The molecule has 0 aliphatic heterocycles. The van der Waals surface area contributed by atoms with Crippen molar-refractivity contribution < 1.29 is 4.79 Å². The number of nitrogens with one attached hydrogen (secondary N) is 1. The molecule has 1 atom stereocenters. The molecule has 1 heterocycles. The number of benzene rings is 2. The molecular weight excluding hydrogens is 284 g/mol. The van der Waals surface area contributed by atoms with Crippen molar-refractivity contribution >= 4 is 12.1 Å². The quantitative estimate of drug-likeness (QED) is 0.692. The van der Waals surface area contributed by atoms with Gasteiger partial charge < -0.3 is 5.32 Å². The van der Waals surface area contributed by atoms with Gasteiger partial charge in [0.15, 0.2) is 0 Å². The first-order valence-corrected chi connectivity index (χ1v) is 7.59. The standard InChI is InChI=1S/C20H18N2O/c1-15(17-5-3-2-4-6-17)22-20-12-11-19(13-21-20)18-9-7-16(14-23)8-10-18/h2-15H,1H3,(H,21,22). The Hall–Kier alpha value is -2.94. The largest absolute Gasteiger partial charge is 0.364 e. The van der Waals surface area contributed by atoms with Gasteiger partial charge in [-0.15, -0.1) is 0 Å². The highest BCUT2D eigenvalue weighted by molar-refractivity contribution is 5.76. The Morgan fingerprint density at radius 2 is 1.61 bits per heavy atom. The van der Waals surface area contributed by atoms with Gasteiger partial charge in [0.1, 0.15) is 12.1 Å². The van der Waals surface area contributed by atoms with E-state index in [1.54, 1.807) is 0 Å². The van der Waals surface area contributed by atoms with Gasteiger partial charge in [-0.25, -0.2) is 4.98 Å². The molecule has 0 aliphatic rings. The number of pyridine rings is 1. The number of carbonyl (C=O) groups excluding carboxylic acids is 1. The fourth-order valence-electron chi connectivity index (χ4n) is 2.45. The molecule has 3 nitrogen and oxygen atoms in total. The summed E-state index contributed by atoms with van der Waals surface area (Å²) in [6.45, 7) is 2.11. The maximum absolute atomic E-state index is 10.7. The van der Waals surface area contributed by atoms with Crippen LogP contribution < -0.4 is 5.32 Å². The first-order valence-electron chi connectivity index (χ1n) is 7.59. The van der Waals surface area contributed by atoms with Gasteiger partial charge in [0, 0.05) is 23.4 Å². The van der Waals surface area contributed by atoms with Crippen LogP contribution in [0, 0.1) is 0 Å². The Kier molecular flexibility index (Phi) is 4.48. The fourth-order valence-corrected chi connectivity index (χ4v) is 2.45. The topological polar surface area (TPSA) is 42.0 Å². The van der Waals surface area contributed by atoms with E-state index in [0.717, 1.165) is 23.2 Å². The van der Waals surface area contributed by atoms with E-state index in [1.807, 2.05) is 60.8 Å². The second kappa shape index (κ2) is 6.88. The predicted octanol–water partition coefficient (Wildman–Crippen LogP) is 4.73. The summed E-state index contributed by atoms with van der Waals surface area (Å²) < 4.78 is 0. The second-order valence-electron chi connectivity index (χ2n) is 5.45. The molecule has 0 fully saturated rings. The lowest BCUT2D eigenvalue weighted by atomic mass is 10.1. The molecule has 0 amide bonds. The summed E-state index contributed by atoms with van der Waals surface area (Å²) in [5.74, 6) is 0.842. The summed E-state index contributed by atoms with van der Waals surface area (Å²) in [4.78, 5) is 15.2. The van der Waals surface area contributed by atoms with Crippen LogP contribution >= 0.6 is 0 Å². The van der Waals surface area contributed by atoms with Crippen molar-refractivity contribution in [1.82, 2.24) is 4.98 Å². The lowest BCUT2D eigenvalue weighted by Gasteiger charge is -2.15. The molecule has 114 valence electrons. The minimum absolute atomic E-state index is 0.196. The first-order chi connectivity index (χ1) is 11.3. The molecule has 3 aromatic rings. The van der Waals surface area contributed by atoms with Gasteiger partial charge in [-0.05, 0) is 30.2 Å². The van der Waals surface area contributed by atoms with Gasteiger partial charge in [-0.2, -0.15) is 0 Å².